The molecule has 0 atom stereocenters. The Bertz CT molecular complexity index is 719. The number of hydrogen-bond donors (Lipinski definition) is 1. The SMILES string of the molecule is CCc1ccc(CNc2cccc(Cl)c2-n2ccnc2)o1. The van der Waals surface area contributed by atoms with E-state index in [1.165, 1.54) is 0 Å². The Kier molecular flexibility index (Phi) is 3.97. The molecule has 108 valence electrons. The normalized spacial score (nSPS) is 10.8. The lowest BCUT2D eigenvalue weighted by molar-refractivity contribution is 0.476. The third kappa shape index (κ3) is 2.95. The number of hydrogen-bond acceptors (Lipinski definition) is 3. The highest BCUT2D eigenvalue weighted by molar-refractivity contribution is 6.33. The number of nitrogens with zero attached hydrogens (tertiary/aromatic N) is 2. The molecule has 1 aromatic carbocycles. The highest BCUT2D eigenvalue weighted by Crippen LogP contribution is 2.28. The van der Waals surface area contributed by atoms with Crippen molar-refractivity contribution in [1.82, 2.24) is 9.55 Å². The van der Waals surface area contributed by atoms with Gasteiger partial charge < -0.3 is 14.3 Å². The minimum Gasteiger partial charge on any atom is -0.464 e. The molecule has 0 spiro atoms. The number of halogens is 1. The molecular weight excluding hydrogens is 286 g/mol. The summed E-state index contributed by atoms with van der Waals surface area (Å²) in [6.45, 7) is 2.69. The van der Waals surface area contributed by atoms with E-state index >= 15 is 0 Å². The Morgan fingerprint density at radius 2 is 2.10 bits per heavy atom. The zero-order chi connectivity index (χ0) is 14.7. The molecule has 3 aromatic rings. The van der Waals surface area contributed by atoms with Crippen LogP contribution in [0.25, 0.3) is 5.69 Å². The maximum absolute atomic E-state index is 6.32. The van der Waals surface area contributed by atoms with Crippen LogP contribution in [0.2, 0.25) is 5.02 Å². The monoisotopic (exact) mass is 301 g/mol. The fourth-order valence-electron chi connectivity index (χ4n) is 2.20. The van der Waals surface area contributed by atoms with E-state index in [0.717, 1.165) is 29.3 Å². The summed E-state index contributed by atoms with van der Waals surface area (Å²) in [5.74, 6) is 1.90. The third-order valence-electron chi connectivity index (χ3n) is 3.27. The van der Waals surface area contributed by atoms with E-state index in [0.29, 0.717) is 11.6 Å². The Morgan fingerprint density at radius 3 is 2.81 bits per heavy atom. The smallest absolute Gasteiger partial charge is 0.123 e. The van der Waals surface area contributed by atoms with Crippen molar-refractivity contribution < 1.29 is 4.42 Å². The van der Waals surface area contributed by atoms with E-state index in [1.54, 1.807) is 12.5 Å². The average Bonchev–Trinajstić information content (AvgIpc) is 3.16. The summed E-state index contributed by atoms with van der Waals surface area (Å²) in [5.41, 5.74) is 1.83. The molecule has 2 aromatic heterocycles. The van der Waals surface area contributed by atoms with Crippen molar-refractivity contribution in [2.45, 2.75) is 19.9 Å². The maximum atomic E-state index is 6.32. The van der Waals surface area contributed by atoms with Gasteiger partial charge in [0.1, 0.15) is 11.5 Å². The van der Waals surface area contributed by atoms with Crippen LogP contribution in [0.5, 0.6) is 0 Å². The summed E-state index contributed by atoms with van der Waals surface area (Å²) in [6, 6.07) is 9.78. The molecule has 0 amide bonds. The van der Waals surface area contributed by atoms with Crippen LogP contribution in [0.1, 0.15) is 18.4 Å². The van der Waals surface area contributed by atoms with E-state index in [4.69, 9.17) is 16.0 Å². The Morgan fingerprint density at radius 1 is 1.24 bits per heavy atom. The van der Waals surface area contributed by atoms with E-state index in [-0.39, 0.29) is 0 Å². The third-order valence-corrected chi connectivity index (χ3v) is 3.57. The zero-order valence-electron chi connectivity index (χ0n) is 11.7. The van der Waals surface area contributed by atoms with E-state index in [2.05, 4.69) is 17.2 Å². The van der Waals surface area contributed by atoms with E-state index in [9.17, 15) is 0 Å². The van der Waals surface area contributed by atoms with Gasteiger partial charge in [0.2, 0.25) is 0 Å². The number of anilines is 1. The molecule has 0 aliphatic heterocycles. The molecule has 0 saturated heterocycles. The molecule has 0 radical (unpaired) electrons. The summed E-state index contributed by atoms with van der Waals surface area (Å²) in [7, 11) is 0. The zero-order valence-corrected chi connectivity index (χ0v) is 12.5. The molecule has 0 bridgehead atoms. The van der Waals surface area contributed by atoms with Crippen LogP contribution in [0.3, 0.4) is 0 Å². The highest BCUT2D eigenvalue weighted by Gasteiger charge is 2.09. The van der Waals surface area contributed by atoms with Crippen molar-refractivity contribution in [3.8, 4) is 5.69 Å². The number of aryl methyl sites for hydroxylation is 1. The van der Waals surface area contributed by atoms with Gasteiger partial charge in [-0.1, -0.05) is 24.6 Å². The van der Waals surface area contributed by atoms with Gasteiger partial charge in [-0.05, 0) is 24.3 Å². The van der Waals surface area contributed by atoms with Gasteiger partial charge in [0, 0.05) is 18.8 Å². The second kappa shape index (κ2) is 6.06. The molecule has 5 heteroatoms. The van der Waals surface area contributed by atoms with Gasteiger partial charge in [0.15, 0.2) is 0 Å². The molecule has 3 rings (SSSR count). The van der Waals surface area contributed by atoms with Gasteiger partial charge in [-0.25, -0.2) is 4.98 Å². The van der Waals surface area contributed by atoms with Gasteiger partial charge in [-0.15, -0.1) is 0 Å². The summed E-state index contributed by atoms with van der Waals surface area (Å²) in [4.78, 5) is 4.07. The molecule has 0 fully saturated rings. The van der Waals surface area contributed by atoms with Crippen molar-refractivity contribution in [1.29, 1.82) is 0 Å². The lowest BCUT2D eigenvalue weighted by Crippen LogP contribution is -2.03. The summed E-state index contributed by atoms with van der Waals surface area (Å²) >= 11 is 6.32. The van der Waals surface area contributed by atoms with Gasteiger partial charge in [0.25, 0.3) is 0 Å². The molecular formula is C16H16ClN3O. The molecule has 2 heterocycles. The lowest BCUT2D eigenvalue weighted by Gasteiger charge is -2.13. The molecule has 1 N–H and O–H groups in total. The van der Waals surface area contributed by atoms with Crippen LogP contribution in [0, 0.1) is 0 Å². The average molecular weight is 302 g/mol. The second-order valence-corrected chi connectivity index (χ2v) is 5.09. The Balaban J connectivity index is 1.84. The number of rotatable bonds is 5. The van der Waals surface area contributed by atoms with E-state index in [1.807, 2.05) is 41.1 Å². The number of imidazole rings is 1. The summed E-state index contributed by atoms with van der Waals surface area (Å²) < 4.78 is 7.59. The van der Waals surface area contributed by atoms with Crippen LogP contribution < -0.4 is 5.32 Å². The number of furan rings is 1. The van der Waals surface area contributed by atoms with Crippen LogP contribution >= 0.6 is 11.6 Å². The molecule has 0 unspecified atom stereocenters. The Hall–Kier alpha value is -2.20. The summed E-state index contributed by atoms with van der Waals surface area (Å²) in [5, 5.41) is 4.04. The Labute approximate surface area is 128 Å². The molecule has 4 nitrogen and oxygen atoms in total. The van der Waals surface area contributed by atoms with Gasteiger partial charge in [-0.3, -0.25) is 0 Å². The quantitative estimate of drug-likeness (QED) is 0.764. The fraction of sp³-hybridized carbons (Fsp3) is 0.188. The number of para-hydroxylation sites is 1. The maximum Gasteiger partial charge on any atom is 0.123 e. The van der Waals surface area contributed by atoms with Crippen molar-refractivity contribution >= 4 is 17.3 Å². The molecule has 0 aliphatic carbocycles. The van der Waals surface area contributed by atoms with Crippen molar-refractivity contribution in [2.24, 2.45) is 0 Å². The minimum absolute atomic E-state index is 0.613. The molecule has 0 aliphatic rings. The van der Waals surface area contributed by atoms with Gasteiger partial charge in [-0.2, -0.15) is 0 Å². The first-order valence-corrected chi connectivity index (χ1v) is 7.24. The first kappa shape index (κ1) is 13.8. The lowest BCUT2D eigenvalue weighted by atomic mass is 10.2. The largest absolute Gasteiger partial charge is 0.464 e. The minimum atomic E-state index is 0.613. The molecule has 0 saturated carbocycles. The van der Waals surface area contributed by atoms with Gasteiger partial charge in [0.05, 0.1) is 29.3 Å². The first-order chi connectivity index (χ1) is 10.3. The predicted molar refractivity (Wildman–Crippen MR) is 84.0 cm³/mol. The van der Waals surface area contributed by atoms with Crippen LogP contribution in [0.15, 0.2) is 53.5 Å². The van der Waals surface area contributed by atoms with Crippen molar-refractivity contribution in [3.05, 3.63) is 65.6 Å². The first-order valence-electron chi connectivity index (χ1n) is 6.86. The van der Waals surface area contributed by atoms with Gasteiger partial charge >= 0.3 is 0 Å². The standard InChI is InChI=1S/C16H16ClN3O/c1-2-12-6-7-13(21-12)10-19-15-5-3-4-14(17)16(15)20-9-8-18-11-20/h3-9,11,19H,2,10H2,1H3. The second-order valence-electron chi connectivity index (χ2n) is 4.68. The highest BCUT2D eigenvalue weighted by atomic mass is 35.5. The van der Waals surface area contributed by atoms with Crippen LogP contribution in [0.4, 0.5) is 5.69 Å². The van der Waals surface area contributed by atoms with Crippen LogP contribution in [-0.4, -0.2) is 9.55 Å². The number of nitrogens with one attached hydrogen (secondary N) is 1. The van der Waals surface area contributed by atoms with Crippen molar-refractivity contribution in [2.75, 3.05) is 5.32 Å². The van der Waals surface area contributed by atoms with E-state index < -0.39 is 0 Å². The number of benzene rings is 1. The fourth-order valence-corrected chi connectivity index (χ4v) is 2.47. The molecule has 21 heavy (non-hydrogen) atoms. The number of aromatic nitrogens is 2. The van der Waals surface area contributed by atoms with Crippen LogP contribution in [-0.2, 0) is 13.0 Å². The summed E-state index contributed by atoms with van der Waals surface area (Å²) in [6.07, 6.45) is 6.23. The van der Waals surface area contributed by atoms with Crippen molar-refractivity contribution in [3.63, 3.8) is 0 Å². The predicted octanol–water partition coefficient (Wildman–Crippen LogP) is 4.29. The topological polar surface area (TPSA) is 43.0 Å².